The Morgan fingerprint density at radius 2 is 2.19 bits per heavy atom. The van der Waals surface area contributed by atoms with Crippen molar-refractivity contribution in [2.75, 3.05) is 32.2 Å². The normalized spacial score (nSPS) is 10.5. The fraction of sp³-hybridized carbons (Fsp3) is 0.385. The Hall–Kier alpha value is -2.09. The van der Waals surface area contributed by atoms with Gasteiger partial charge in [-0.25, -0.2) is 14.6 Å². The Kier molecular flexibility index (Phi) is 4.79. The number of rotatable bonds is 5. The SMILES string of the molecule is CCNc1cc(-n2ccc(C(=O)N(C)C)n2)nc(SC)n1. The molecule has 0 saturated heterocycles. The first kappa shape index (κ1) is 15.3. The molecule has 21 heavy (non-hydrogen) atoms. The van der Waals surface area contributed by atoms with Gasteiger partial charge in [-0.3, -0.25) is 4.79 Å². The van der Waals surface area contributed by atoms with E-state index in [1.54, 1.807) is 37.1 Å². The standard InChI is InChI=1S/C13H18N6OS/c1-5-14-10-8-11(16-13(15-10)21-4)19-7-6-9(17-19)12(20)18(2)3/h6-8H,5H2,1-4H3,(H,14,15,16). The molecule has 1 N–H and O–H groups in total. The van der Waals surface area contributed by atoms with Crippen LogP contribution in [0.1, 0.15) is 17.4 Å². The molecule has 7 nitrogen and oxygen atoms in total. The minimum absolute atomic E-state index is 0.139. The Morgan fingerprint density at radius 1 is 1.43 bits per heavy atom. The van der Waals surface area contributed by atoms with E-state index in [1.165, 1.54) is 16.7 Å². The van der Waals surface area contributed by atoms with Crippen molar-refractivity contribution in [3.8, 4) is 5.82 Å². The van der Waals surface area contributed by atoms with Crippen LogP contribution in [0.15, 0.2) is 23.5 Å². The highest BCUT2D eigenvalue weighted by Crippen LogP contribution is 2.16. The molecule has 0 atom stereocenters. The molecule has 0 aliphatic carbocycles. The zero-order chi connectivity index (χ0) is 15.4. The van der Waals surface area contributed by atoms with Crippen molar-refractivity contribution in [2.24, 2.45) is 0 Å². The van der Waals surface area contributed by atoms with Crippen molar-refractivity contribution in [1.82, 2.24) is 24.6 Å². The minimum Gasteiger partial charge on any atom is -0.370 e. The lowest BCUT2D eigenvalue weighted by molar-refractivity contribution is 0.0821. The van der Waals surface area contributed by atoms with Crippen molar-refractivity contribution in [3.05, 3.63) is 24.0 Å². The van der Waals surface area contributed by atoms with Crippen LogP contribution in [0.25, 0.3) is 5.82 Å². The van der Waals surface area contributed by atoms with E-state index in [9.17, 15) is 4.79 Å². The molecule has 2 aromatic heterocycles. The lowest BCUT2D eigenvalue weighted by Crippen LogP contribution is -2.22. The molecule has 0 aliphatic rings. The van der Waals surface area contributed by atoms with E-state index in [4.69, 9.17) is 0 Å². The smallest absolute Gasteiger partial charge is 0.273 e. The molecule has 0 aliphatic heterocycles. The van der Waals surface area contributed by atoms with Gasteiger partial charge in [0.15, 0.2) is 16.7 Å². The molecule has 2 rings (SSSR count). The summed E-state index contributed by atoms with van der Waals surface area (Å²) in [5.74, 6) is 1.23. The van der Waals surface area contributed by atoms with Crippen LogP contribution < -0.4 is 5.32 Å². The summed E-state index contributed by atoms with van der Waals surface area (Å²) < 4.78 is 1.58. The number of carbonyl (C=O) groups excluding carboxylic acids is 1. The summed E-state index contributed by atoms with van der Waals surface area (Å²) in [5, 5.41) is 8.09. The van der Waals surface area contributed by atoms with Crippen molar-refractivity contribution < 1.29 is 4.79 Å². The first-order valence-corrected chi connectivity index (χ1v) is 7.72. The topological polar surface area (TPSA) is 75.9 Å². The molecule has 1 amide bonds. The third kappa shape index (κ3) is 3.52. The highest BCUT2D eigenvalue weighted by atomic mass is 32.2. The fourth-order valence-corrected chi connectivity index (χ4v) is 2.06. The van der Waals surface area contributed by atoms with Crippen LogP contribution in [-0.4, -0.2) is 57.5 Å². The summed E-state index contributed by atoms with van der Waals surface area (Å²) in [4.78, 5) is 22.1. The van der Waals surface area contributed by atoms with Crippen molar-refractivity contribution in [1.29, 1.82) is 0 Å². The number of carbonyl (C=O) groups is 1. The molecule has 0 saturated carbocycles. The second-order valence-electron chi connectivity index (χ2n) is 4.47. The zero-order valence-electron chi connectivity index (χ0n) is 12.5. The van der Waals surface area contributed by atoms with Gasteiger partial charge in [-0.15, -0.1) is 0 Å². The maximum absolute atomic E-state index is 11.9. The van der Waals surface area contributed by atoms with E-state index >= 15 is 0 Å². The van der Waals surface area contributed by atoms with E-state index in [-0.39, 0.29) is 5.91 Å². The van der Waals surface area contributed by atoms with Crippen molar-refractivity contribution in [3.63, 3.8) is 0 Å². The van der Waals surface area contributed by atoms with Crippen LogP contribution >= 0.6 is 11.8 Å². The summed E-state index contributed by atoms with van der Waals surface area (Å²) in [7, 11) is 3.39. The average Bonchev–Trinajstić information content (AvgIpc) is 2.96. The van der Waals surface area contributed by atoms with Crippen LogP contribution in [0, 0.1) is 0 Å². The fourth-order valence-electron chi connectivity index (χ4n) is 1.69. The number of anilines is 1. The summed E-state index contributed by atoms with van der Waals surface area (Å²) in [5.41, 5.74) is 0.384. The molecule has 2 heterocycles. The molecule has 112 valence electrons. The molecule has 0 spiro atoms. The minimum atomic E-state index is -0.139. The zero-order valence-corrected chi connectivity index (χ0v) is 13.3. The van der Waals surface area contributed by atoms with Crippen LogP contribution in [-0.2, 0) is 0 Å². The monoisotopic (exact) mass is 306 g/mol. The van der Waals surface area contributed by atoms with Gasteiger partial charge in [0.2, 0.25) is 0 Å². The van der Waals surface area contributed by atoms with Crippen LogP contribution in [0.5, 0.6) is 0 Å². The predicted octanol–water partition coefficient (Wildman–Crippen LogP) is 1.52. The summed E-state index contributed by atoms with van der Waals surface area (Å²) in [6.07, 6.45) is 3.64. The van der Waals surface area contributed by atoms with Gasteiger partial charge in [-0.05, 0) is 19.2 Å². The van der Waals surface area contributed by atoms with Crippen LogP contribution in [0.2, 0.25) is 0 Å². The number of hydrogen-bond donors (Lipinski definition) is 1. The highest BCUT2D eigenvalue weighted by molar-refractivity contribution is 7.98. The van der Waals surface area contributed by atoms with Gasteiger partial charge >= 0.3 is 0 Å². The van der Waals surface area contributed by atoms with E-state index in [2.05, 4.69) is 20.4 Å². The van der Waals surface area contributed by atoms with Gasteiger partial charge in [-0.2, -0.15) is 5.10 Å². The summed E-state index contributed by atoms with van der Waals surface area (Å²) in [6.45, 7) is 2.77. The number of thioether (sulfide) groups is 1. The summed E-state index contributed by atoms with van der Waals surface area (Å²) in [6, 6.07) is 3.48. The third-order valence-corrected chi connectivity index (χ3v) is 3.23. The van der Waals surface area contributed by atoms with E-state index in [0.717, 1.165) is 12.4 Å². The maximum atomic E-state index is 11.9. The lowest BCUT2D eigenvalue weighted by Gasteiger charge is -2.08. The Bertz CT molecular complexity index is 639. The van der Waals surface area contributed by atoms with Crippen molar-refractivity contribution in [2.45, 2.75) is 12.1 Å². The van der Waals surface area contributed by atoms with Gasteiger partial charge in [0.1, 0.15) is 5.82 Å². The first-order valence-electron chi connectivity index (χ1n) is 6.49. The van der Waals surface area contributed by atoms with Gasteiger partial charge in [0, 0.05) is 32.9 Å². The molecular formula is C13H18N6OS. The molecule has 8 heteroatoms. The Balaban J connectivity index is 2.37. The molecule has 0 radical (unpaired) electrons. The average molecular weight is 306 g/mol. The number of amides is 1. The number of hydrogen-bond acceptors (Lipinski definition) is 6. The molecule has 2 aromatic rings. The van der Waals surface area contributed by atoms with Gasteiger partial charge in [0.05, 0.1) is 0 Å². The molecule has 0 aromatic carbocycles. The number of aromatic nitrogens is 4. The second kappa shape index (κ2) is 6.57. The summed E-state index contributed by atoms with van der Waals surface area (Å²) >= 11 is 1.46. The van der Waals surface area contributed by atoms with E-state index in [0.29, 0.717) is 16.7 Å². The van der Waals surface area contributed by atoms with E-state index < -0.39 is 0 Å². The molecule has 0 unspecified atom stereocenters. The third-order valence-electron chi connectivity index (χ3n) is 2.68. The quantitative estimate of drug-likeness (QED) is 0.667. The van der Waals surface area contributed by atoms with Gasteiger partial charge < -0.3 is 10.2 Å². The predicted molar refractivity (Wildman–Crippen MR) is 83.1 cm³/mol. The number of nitrogens with zero attached hydrogens (tertiary/aromatic N) is 5. The van der Waals surface area contributed by atoms with Crippen LogP contribution in [0.4, 0.5) is 5.82 Å². The first-order chi connectivity index (χ1) is 10.0. The number of nitrogens with one attached hydrogen (secondary N) is 1. The largest absolute Gasteiger partial charge is 0.370 e. The van der Waals surface area contributed by atoms with Crippen LogP contribution in [0.3, 0.4) is 0 Å². The van der Waals surface area contributed by atoms with Crippen molar-refractivity contribution >= 4 is 23.5 Å². The maximum Gasteiger partial charge on any atom is 0.273 e. The van der Waals surface area contributed by atoms with Gasteiger partial charge in [0.25, 0.3) is 5.91 Å². The molecular weight excluding hydrogens is 288 g/mol. The molecule has 0 fully saturated rings. The Labute approximate surface area is 127 Å². The highest BCUT2D eigenvalue weighted by Gasteiger charge is 2.13. The molecule has 0 bridgehead atoms. The Morgan fingerprint density at radius 3 is 2.81 bits per heavy atom. The van der Waals surface area contributed by atoms with Gasteiger partial charge in [-0.1, -0.05) is 11.8 Å². The second-order valence-corrected chi connectivity index (χ2v) is 5.25. The lowest BCUT2D eigenvalue weighted by atomic mass is 10.4. The van der Waals surface area contributed by atoms with E-state index in [1.807, 2.05) is 13.2 Å².